The summed E-state index contributed by atoms with van der Waals surface area (Å²) in [5.74, 6) is 2.77. The zero-order valence-electron chi connectivity index (χ0n) is 9.65. The third-order valence-corrected chi connectivity index (χ3v) is 4.68. The molecule has 1 heterocycles. The first-order valence-electron chi connectivity index (χ1n) is 6.00. The van der Waals surface area contributed by atoms with Crippen molar-refractivity contribution in [3.8, 4) is 0 Å². The summed E-state index contributed by atoms with van der Waals surface area (Å²) in [6, 6.07) is 0. The van der Waals surface area contributed by atoms with Gasteiger partial charge in [-0.15, -0.1) is 24.0 Å². The van der Waals surface area contributed by atoms with Gasteiger partial charge in [0, 0.05) is 18.3 Å². The molecule has 0 radical (unpaired) electrons. The molecule has 0 bridgehead atoms. The molecule has 2 rings (SSSR count). The van der Waals surface area contributed by atoms with Gasteiger partial charge in [-0.25, -0.2) is 0 Å². The van der Waals surface area contributed by atoms with Crippen LogP contribution in [0.1, 0.15) is 32.1 Å². The molecule has 1 unspecified atom stereocenters. The zero-order chi connectivity index (χ0) is 10.5. The van der Waals surface area contributed by atoms with Crippen LogP contribution < -0.4 is 11.1 Å². The van der Waals surface area contributed by atoms with Crippen LogP contribution in [-0.4, -0.2) is 30.1 Å². The van der Waals surface area contributed by atoms with E-state index in [0.717, 1.165) is 24.3 Å². The van der Waals surface area contributed by atoms with Crippen molar-refractivity contribution in [3.63, 3.8) is 0 Å². The van der Waals surface area contributed by atoms with E-state index < -0.39 is 0 Å². The van der Waals surface area contributed by atoms with Crippen molar-refractivity contribution in [2.75, 3.05) is 18.8 Å². The monoisotopic (exact) mass is 355 g/mol. The number of nitrogens with two attached hydrogens (primary N) is 1. The van der Waals surface area contributed by atoms with Gasteiger partial charge in [-0.1, -0.05) is 6.42 Å². The number of halogens is 1. The zero-order valence-corrected chi connectivity index (χ0v) is 12.8. The molecule has 1 saturated heterocycles. The SMILES string of the molecule is I.NC(=NCC1CCC1)NCC1CCCS1. The number of guanidine groups is 1. The van der Waals surface area contributed by atoms with Gasteiger partial charge in [-0.3, -0.25) is 4.99 Å². The third kappa shape index (κ3) is 4.69. The van der Waals surface area contributed by atoms with Crippen LogP contribution in [0.25, 0.3) is 0 Å². The minimum absolute atomic E-state index is 0. The summed E-state index contributed by atoms with van der Waals surface area (Å²) in [5, 5.41) is 3.99. The number of thioether (sulfide) groups is 1. The van der Waals surface area contributed by atoms with E-state index in [2.05, 4.69) is 22.1 Å². The van der Waals surface area contributed by atoms with Gasteiger partial charge >= 0.3 is 0 Å². The highest BCUT2D eigenvalue weighted by Crippen LogP contribution is 2.26. The molecule has 94 valence electrons. The van der Waals surface area contributed by atoms with Gasteiger partial charge in [0.2, 0.25) is 0 Å². The number of aliphatic imine (C=N–C) groups is 1. The summed E-state index contributed by atoms with van der Waals surface area (Å²) >= 11 is 2.05. The van der Waals surface area contributed by atoms with Crippen molar-refractivity contribution >= 4 is 41.7 Å². The first kappa shape index (κ1) is 14.4. The molecule has 0 aromatic rings. The van der Waals surface area contributed by atoms with Gasteiger partial charge in [0.25, 0.3) is 0 Å². The first-order valence-corrected chi connectivity index (χ1v) is 7.05. The molecule has 0 spiro atoms. The molecule has 1 aliphatic carbocycles. The van der Waals surface area contributed by atoms with Crippen LogP contribution in [-0.2, 0) is 0 Å². The van der Waals surface area contributed by atoms with E-state index >= 15 is 0 Å². The summed E-state index contributed by atoms with van der Waals surface area (Å²) in [6.45, 7) is 1.92. The number of hydrogen-bond donors (Lipinski definition) is 2. The molecule has 3 N–H and O–H groups in total. The maximum absolute atomic E-state index is 5.81. The predicted octanol–water partition coefficient (Wildman–Crippen LogP) is 2.20. The molecule has 0 aromatic heterocycles. The minimum atomic E-state index is 0. The Morgan fingerprint density at radius 1 is 1.31 bits per heavy atom. The summed E-state index contributed by atoms with van der Waals surface area (Å²) in [7, 11) is 0. The van der Waals surface area contributed by atoms with Crippen LogP contribution >= 0.6 is 35.7 Å². The lowest BCUT2D eigenvalue weighted by atomic mass is 9.86. The van der Waals surface area contributed by atoms with Gasteiger partial charge in [0.15, 0.2) is 5.96 Å². The Hall–Kier alpha value is 0.350. The Labute approximate surface area is 119 Å². The average molecular weight is 355 g/mol. The van der Waals surface area contributed by atoms with E-state index in [1.54, 1.807) is 0 Å². The van der Waals surface area contributed by atoms with Crippen LogP contribution in [0.2, 0.25) is 0 Å². The van der Waals surface area contributed by atoms with Crippen LogP contribution in [0.4, 0.5) is 0 Å². The van der Waals surface area contributed by atoms with Crippen molar-refractivity contribution < 1.29 is 0 Å². The molecule has 0 aromatic carbocycles. The van der Waals surface area contributed by atoms with E-state index in [1.807, 2.05) is 0 Å². The molecule has 1 aliphatic heterocycles. The predicted molar refractivity (Wildman–Crippen MR) is 82.7 cm³/mol. The van der Waals surface area contributed by atoms with Crippen molar-refractivity contribution in [3.05, 3.63) is 0 Å². The molecule has 3 nitrogen and oxygen atoms in total. The van der Waals surface area contributed by atoms with Gasteiger partial charge in [0.05, 0.1) is 0 Å². The standard InChI is InChI=1S/C11H21N3S.HI/c12-11(13-7-9-3-1-4-9)14-8-10-5-2-6-15-10;/h9-10H,1-8H2,(H3,12,13,14);1H. The second-order valence-electron chi connectivity index (χ2n) is 4.54. The second-order valence-corrected chi connectivity index (χ2v) is 5.95. The maximum atomic E-state index is 5.81. The highest BCUT2D eigenvalue weighted by atomic mass is 127. The molecule has 2 aliphatic rings. The Morgan fingerprint density at radius 2 is 2.12 bits per heavy atom. The fourth-order valence-corrected chi connectivity index (χ4v) is 3.18. The van der Waals surface area contributed by atoms with E-state index in [0.29, 0.717) is 5.96 Å². The normalized spacial score (nSPS) is 26.0. The van der Waals surface area contributed by atoms with Gasteiger partial charge in [-0.05, 0) is 37.4 Å². The molecule has 1 saturated carbocycles. The molecule has 1 atom stereocenters. The van der Waals surface area contributed by atoms with Crippen LogP contribution in [0.5, 0.6) is 0 Å². The molecule has 0 amide bonds. The Kier molecular flexibility index (Phi) is 6.87. The van der Waals surface area contributed by atoms with Crippen LogP contribution in [0, 0.1) is 5.92 Å². The van der Waals surface area contributed by atoms with E-state index in [9.17, 15) is 0 Å². The fourth-order valence-electron chi connectivity index (χ4n) is 1.98. The van der Waals surface area contributed by atoms with Crippen molar-refractivity contribution in [2.24, 2.45) is 16.6 Å². The lowest BCUT2D eigenvalue weighted by Crippen LogP contribution is -2.36. The van der Waals surface area contributed by atoms with E-state index in [1.165, 1.54) is 37.9 Å². The van der Waals surface area contributed by atoms with Crippen molar-refractivity contribution in [1.82, 2.24) is 5.32 Å². The summed E-state index contributed by atoms with van der Waals surface area (Å²) in [6.07, 6.45) is 6.75. The Morgan fingerprint density at radius 3 is 2.69 bits per heavy atom. The summed E-state index contributed by atoms with van der Waals surface area (Å²) in [4.78, 5) is 4.38. The summed E-state index contributed by atoms with van der Waals surface area (Å²) in [5.41, 5.74) is 5.81. The molecular weight excluding hydrogens is 333 g/mol. The van der Waals surface area contributed by atoms with Gasteiger partial charge < -0.3 is 11.1 Å². The number of hydrogen-bond acceptors (Lipinski definition) is 2. The lowest BCUT2D eigenvalue weighted by Gasteiger charge is -2.23. The Bertz CT molecular complexity index is 225. The smallest absolute Gasteiger partial charge is 0.188 e. The largest absolute Gasteiger partial charge is 0.370 e. The minimum Gasteiger partial charge on any atom is -0.370 e. The van der Waals surface area contributed by atoms with Gasteiger partial charge in [0.1, 0.15) is 0 Å². The highest BCUT2D eigenvalue weighted by Gasteiger charge is 2.17. The second kappa shape index (κ2) is 7.63. The Balaban J connectivity index is 0.00000128. The van der Waals surface area contributed by atoms with Crippen molar-refractivity contribution in [2.45, 2.75) is 37.4 Å². The average Bonchev–Trinajstić information content (AvgIpc) is 2.64. The third-order valence-electron chi connectivity index (χ3n) is 3.28. The lowest BCUT2D eigenvalue weighted by molar-refractivity contribution is 0.326. The van der Waals surface area contributed by atoms with E-state index in [4.69, 9.17) is 5.73 Å². The number of rotatable bonds is 4. The number of nitrogens with zero attached hydrogens (tertiary/aromatic N) is 1. The molecule has 2 fully saturated rings. The van der Waals surface area contributed by atoms with Crippen molar-refractivity contribution in [1.29, 1.82) is 0 Å². The van der Waals surface area contributed by atoms with E-state index in [-0.39, 0.29) is 24.0 Å². The maximum Gasteiger partial charge on any atom is 0.188 e. The van der Waals surface area contributed by atoms with Crippen LogP contribution in [0.15, 0.2) is 4.99 Å². The molecular formula is C11H22IN3S. The molecule has 16 heavy (non-hydrogen) atoms. The number of nitrogens with one attached hydrogen (secondary N) is 1. The highest BCUT2D eigenvalue weighted by molar-refractivity contribution is 14.0. The topological polar surface area (TPSA) is 50.4 Å². The van der Waals surface area contributed by atoms with Crippen LogP contribution in [0.3, 0.4) is 0 Å². The summed E-state index contributed by atoms with van der Waals surface area (Å²) < 4.78 is 0. The molecule has 5 heteroatoms. The quantitative estimate of drug-likeness (QED) is 0.462. The van der Waals surface area contributed by atoms with Gasteiger partial charge in [-0.2, -0.15) is 11.8 Å². The fraction of sp³-hybridized carbons (Fsp3) is 0.909. The first-order chi connectivity index (χ1) is 7.34.